The van der Waals surface area contributed by atoms with Crippen molar-refractivity contribution in [2.24, 2.45) is 4.99 Å². The van der Waals surface area contributed by atoms with E-state index >= 15 is 0 Å². The van der Waals surface area contributed by atoms with Gasteiger partial charge in [0.25, 0.3) is 0 Å². The van der Waals surface area contributed by atoms with Crippen LogP contribution in [0.5, 0.6) is 5.75 Å². The fourth-order valence-electron chi connectivity index (χ4n) is 2.02. The first-order valence-electron chi connectivity index (χ1n) is 6.58. The zero-order valence-electron chi connectivity index (χ0n) is 11.7. The first-order valence-corrected chi connectivity index (χ1v) is 6.58. The van der Waals surface area contributed by atoms with Crippen LogP contribution in [-0.2, 0) is 9.53 Å². The van der Waals surface area contributed by atoms with Crippen molar-refractivity contribution in [2.45, 2.75) is 0 Å². The molecule has 0 aliphatic carbocycles. The number of cyclic esters (lactones) is 1. The van der Waals surface area contributed by atoms with Crippen LogP contribution < -0.4 is 4.74 Å². The van der Waals surface area contributed by atoms with Crippen LogP contribution in [0.3, 0.4) is 0 Å². The molecule has 0 saturated carbocycles. The second-order valence-electron chi connectivity index (χ2n) is 4.62. The van der Waals surface area contributed by atoms with Gasteiger partial charge in [0.1, 0.15) is 11.6 Å². The van der Waals surface area contributed by atoms with Crippen molar-refractivity contribution >= 4 is 17.9 Å². The maximum absolute atomic E-state index is 13.2. The molecule has 22 heavy (non-hydrogen) atoms. The van der Waals surface area contributed by atoms with Crippen LogP contribution in [0.2, 0.25) is 0 Å². The molecule has 2 aromatic rings. The molecule has 0 fully saturated rings. The summed E-state index contributed by atoms with van der Waals surface area (Å²) in [6, 6.07) is 12.9. The molecule has 3 rings (SSSR count). The third-order valence-corrected chi connectivity index (χ3v) is 3.11. The number of carbonyl (C=O) groups is 1. The molecule has 0 radical (unpaired) electrons. The fourth-order valence-corrected chi connectivity index (χ4v) is 2.02. The largest absolute Gasteiger partial charge is 0.497 e. The molecule has 0 saturated heterocycles. The Morgan fingerprint density at radius 3 is 2.64 bits per heavy atom. The number of rotatable bonds is 3. The van der Waals surface area contributed by atoms with Crippen LogP contribution in [-0.4, -0.2) is 19.0 Å². The summed E-state index contributed by atoms with van der Waals surface area (Å²) in [6.45, 7) is 0. The lowest BCUT2D eigenvalue weighted by Crippen LogP contribution is -2.05. The Morgan fingerprint density at radius 2 is 1.95 bits per heavy atom. The number of aliphatic imine (C=N–C) groups is 1. The molecular formula is C17H12FNO3. The van der Waals surface area contributed by atoms with Crippen LogP contribution in [0.1, 0.15) is 11.1 Å². The second kappa shape index (κ2) is 5.81. The van der Waals surface area contributed by atoms with Crippen molar-refractivity contribution in [3.05, 3.63) is 71.2 Å². The predicted molar refractivity (Wildman–Crippen MR) is 80.0 cm³/mol. The van der Waals surface area contributed by atoms with E-state index in [0.29, 0.717) is 16.9 Å². The molecule has 1 aliphatic rings. The normalized spacial score (nSPS) is 15.6. The molecule has 0 amide bonds. The zero-order valence-corrected chi connectivity index (χ0v) is 11.7. The lowest BCUT2D eigenvalue weighted by molar-refractivity contribution is -0.129. The van der Waals surface area contributed by atoms with Gasteiger partial charge in [0.2, 0.25) is 5.90 Å². The van der Waals surface area contributed by atoms with Gasteiger partial charge < -0.3 is 9.47 Å². The average Bonchev–Trinajstić information content (AvgIpc) is 2.88. The Bertz CT molecular complexity index is 779. The lowest BCUT2D eigenvalue weighted by atomic mass is 10.2. The van der Waals surface area contributed by atoms with Crippen molar-refractivity contribution in [3.8, 4) is 5.75 Å². The number of methoxy groups -OCH3 is 1. The summed E-state index contributed by atoms with van der Waals surface area (Å²) in [5, 5.41) is 0. The van der Waals surface area contributed by atoms with E-state index in [0.717, 1.165) is 0 Å². The Morgan fingerprint density at radius 1 is 1.18 bits per heavy atom. The minimum Gasteiger partial charge on any atom is -0.497 e. The van der Waals surface area contributed by atoms with Crippen LogP contribution in [0.25, 0.3) is 6.08 Å². The van der Waals surface area contributed by atoms with Gasteiger partial charge in [0, 0.05) is 5.56 Å². The number of ether oxygens (including phenoxy) is 2. The maximum atomic E-state index is 13.2. The smallest absolute Gasteiger partial charge is 0.363 e. The number of nitrogens with zero attached hydrogens (tertiary/aromatic N) is 1. The van der Waals surface area contributed by atoms with E-state index < -0.39 is 5.97 Å². The highest BCUT2D eigenvalue weighted by atomic mass is 19.1. The van der Waals surface area contributed by atoms with Crippen molar-refractivity contribution < 1.29 is 18.7 Å². The standard InChI is InChI=1S/C17H12FNO3/c1-21-14-7-5-12(6-8-14)16-19-15(17(20)22-16)10-11-3-2-4-13(18)9-11/h2-10H,1H3/b15-10-. The van der Waals surface area contributed by atoms with Crippen molar-refractivity contribution in [2.75, 3.05) is 7.11 Å². The minimum absolute atomic E-state index is 0.136. The molecule has 1 aliphatic heterocycles. The SMILES string of the molecule is COc1ccc(C2=N/C(=C\c3cccc(F)c3)C(=O)O2)cc1. The third-order valence-electron chi connectivity index (χ3n) is 3.11. The molecule has 0 aromatic heterocycles. The molecule has 2 aromatic carbocycles. The monoisotopic (exact) mass is 297 g/mol. The van der Waals surface area contributed by atoms with Gasteiger partial charge in [0.05, 0.1) is 7.11 Å². The second-order valence-corrected chi connectivity index (χ2v) is 4.62. The number of benzene rings is 2. The topological polar surface area (TPSA) is 47.9 Å². The van der Waals surface area contributed by atoms with Crippen molar-refractivity contribution in [3.63, 3.8) is 0 Å². The average molecular weight is 297 g/mol. The first kappa shape index (κ1) is 14.0. The maximum Gasteiger partial charge on any atom is 0.363 e. The van der Waals surface area contributed by atoms with Gasteiger partial charge >= 0.3 is 5.97 Å². The summed E-state index contributed by atoms with van der Waals surface area (Å²) in [6.07, 6.45) is 1.49. The number of esters is 1. The van der Waals surface area contributed by atoms with Gasteiger partial charge in [0.15, 0.2) is 5.70 Å². The molecule has 5 heteroatoms. The third kappa shape index (κ3) is 2.88. The highest BCUT2D eigenvalue weighted by Crippen LogP contribution is 2.21. The van der Waals surface area contributed by atoms with Crippen LogP contribution in [0, 0.1) is 5.82 Å². The Labute approximate surface area is 126 Å². The Balaban J connectivity index is 1.90. The Hall–Kier alpha value is -2.95. The summed E-state index contributed by atoms with van der Waals surface area (Å²) < 4.78 is 23.4. The van der Waals surface area contributed by atoms with E-state index in [9.17, 15) is 9.18 Å². The number of halogens is 1. The molecule has 110 valence electrons. The van der Waals surface area contributed by atoms with Crippen LogP contribution in [0.15, 0.2) is 59.2 Å². The Kier molecular flexibility index (Phi) is 3.70. The van der Waals surface area contributed by atoms with E-state index in [-0.39, 0.29) is 17.4 Å². The molecule has 1 heterocycles. The number of carbonyl (C=O) groups excluding carboxylic acids is 1. The van der Waals surface area contributed by atoms with Gasteiger partial charge in [-0.1, -0.05) is 12.1 Å². The van der Waals surface area contributed by atoms with E-state index in [4.69, 9.17) is 9.47 Å². The predicted octanol–water partition coefficient (Wildman–Crippen LogP) is 3.18. The molecule has 0 bridgehead atoms. The van der Waals surface area contributed by atoms with E-state index in [2.05, 4.69) is 4.99 Å². The summed E-state index contributed by atoms with van der Waals surface area (Å²) >= 11 is 0. The summed E-state index contributed by atoms with van der Waals surface area (Å²) in [5.41, 5.74) is 1.35. The summed E-state index contributed by atoms with van der Waals surface area (Å²) in [7, 11) is 1.57. The highest BCUT2D eigenvalue weighted by Gasteiger charge is 2.24. The summed E-state index contributed by atoms with van der Waals surface area (Å²) in [5.74, 6) is -0.0188. The minimum atomic E-state index is -0.560. The highest BCUT2D eigenvalue weighted by molar-refractivity contribution is 6.12. The van der Waals surface area contributed by atoms with E-state index in [1.807, 2.05) is 0 Å². The van der Waals surface area contributed by atoms with Gasteiger partial charge in [-0.05, 0) is 48.0 Å². The van der Waals surface area contributed by atoms with Gasteiger partial charge in [-0.15, -0.1) is 0 Å². The van der Waals surface area contributed by atoms with Crippen LogP contribution >= 0.6 is 0 Å². The zero-order chi connectivity index (χ0) is 15.5. The van der Waals surface area contributed by atoms with Crippen LogP contribution in [0.4, 0.5) is 4.39 Å². The number of hydrogen-bond acceptors (Lipinski definition) is 4. The van der Waals surface area contributed by atoms with Crippen molar-refractivity contribution in [1.29, 1.82) is 0 Å². The van der Waals surface area contributed by atoms with E-state index in [1.165, 1.54) is 18.2 Å². The van der Waals surface area contributed by atoms with E-state index in [1.54, 1.807) is 43.5 Å². The van der Waals surface area contributed by atoms with Gasteiger partial charge in [-0.25, -0.2) is 14.2 Å². The molecule has 0 unspecified atom stereocenters. The van der Waals surface area contributed by atoms with Gasteiger partial charge in [-0.2, -0.15) is 0 Å². The van der Waals surface area contributed by atoms with Gasteiger partial charge in [-0.3, -0.25) is 0 Å². The van der Waals surface area contributed by atoms with Crippen molar-refractivity contribution in [1.82, 2.24) is 0 Å². The molecule has 4 nitrogen and oxygen atoms in total. The molecule has 0 N–H and O–H groups in total. The summed E-state index contributed by atoms with van der Waals surface area (Å²) in [4.78, 5) is 16.0. The quantitative estimate of drug-likeness (QED) is 0.646. The fraction of sp³-hybridized carbons (Fsp3) is 0.0588. The molecule has 0 spiro atoms. The lowest BCUT2D eigenvalue weighted by Gasteiger charge is -2.01. The first-order chi connectivity index (χ1) is 10.7. The molecular weight excluding hydrogens is 285 g/mol. The number of hydrogen-bond donors (Lipinski definition) is 0. The molecule has 0 atom stereocenters.